The zero-order chi connectivity index (χ0) is 11.0. The summed E-state index contributed by atoms with van der Waals surface area (Å²) in [5.41, 5.74) is 0.521. The van der Waals surface area contributed by atoms with E-state index in [0.717, 1.165) is 31.5 Å². The number of fused-ring (bicyclic) bond motifs is 2. The number of piperidine rings is 1. The van der Waals surface area contributed by atoms with Crippen LogP contribution < -0.4 is 10.6 Å². The first-order valence-electron chi connectivity index (χ1n) is 5.46. The Morgan fingerprint density at radius 2 is 2.00 bits per heavy atom. The average Bonchev–Trinajstić information content (AvgIpc) is 2.30. The van der Waals surface area contributed by atoms with Crippen LogP contribution in [-0.4, -0.2) is 24.2 Å². The highest BCUT2D eigenvalue weighted by Gasteiger charge is 2.43. The molecule has 18 heavy (non-hydrogen) atoms. The molecular weight excluding hydrogens is 277 g/mol. The number of aromatic nitrogens is 1. The van der Waals surface area contributed by atoms with Gasteiger partial charge in [0.15, 0.2) is 0 Å². The van der Waals surface area contributed by atoms with Crippen LogP contribution in [0.4, 0.5) is 10.6 Å². The van der Waals surface area contributed by atoms with Crippen LogP contribution in [0.15, 0.2) is 18.3 Å². The summed E-state index contributed by atoms with van der Waals surface area (Å²) in [5, 5.41) is 5.91. The van der Waals surface area contributed by atoms with E-state index in [1.165, 1.54) is 0 Å². The molecule has 1 fully saturated rings. The van der Waals surface area contributed by atoms with E-state index in [1.54, 1.807) is 6.20 Å². The van der Waals surface area contributed by atoms with E-state index in [9.17, 15) is 4.79 Å². The normalized spacial score (nSPS) is 19.7. The van der Waals surface area contributed by atoms with Crippen LogP contribution in [0.1, 0.15) is 18.4 Å². The molecule has 0 atom stereocenters. The Balaban J connectivity index is 0.000000810. The van der Waals surface area contributed by atoms with Gasteiger partial charge in [0.1, 0.15) is 11.4 Å². The van der Waals surface area contributed by atoms with Gasteiger partial charge in [0.2, 0.25) is 0 Å². The first-order valence-corrected chi connectivity index (χ1v) is 5.46. The number of pyridine rings is 1. The van der Waals surface area contributed by atoms with Crippen molar-refractivity contribution >= 4 is 36.7 Å². The van der Waals surface area contributed by atoms with Crippen molar-refractivity contribution in [3.8, 4) is 0 Å². The van der Waals surface area contributed by atoms with Gasteiger partial charge in [-0.25, -0.2) is 9.78 Å². The van der Waals surface area contributed by atoms with Crippen molar-refractivity contribution in [3.05, 3.63) is 23.9 Å². The zero-order valence-electron chi connectivity index (χ0n) is 9.64. The van der Waals surface area contributed by atoms with Crippen molar-refractivity contribution in [3.63, 3.8) is 0 Å². The number of halogens is 2. The molecule has 2 N–H and O–H groups in total. The molecule has 7 heteroatoms. The second-order valence-electron chi connectivity index (χ2n) is 4.16. The van der Waals surface area contributed by atoms with Crippen LogP contribution in [0, 0.1) is 0 Å². The predicted molar refractivity (Wildman–Crippen MR) is 72.6 cm³/mol. The van der Waals surface area contributed by atoms with Crippen molar-refractivity contribution in [2.24, 2.45) is 0 Å². The third kappa shape index (κ3) is 2.39. The third-order valence-corrected chi connectivity index (χ3v) is 3.22. The summed E-state index contributed by atoms with van der Waals surface area (Å²) in [7, 11) is 0. The monoisotopic (exact) mass is 291 g/mol. The van der Waals surface area contributed by atoms with E-state index < -0.39 is 11.7 Å². The van der Waals surface area contributed by atoms with Crippen LogP contribution >= 0.6 is 24.8 Å². The molecule has 0 bridgehead atoms. The number of hydrogen-bond donors (Lipinski definition) is 2. The second kappa shape index (κ2) is 5.73. The lowest BCUT2D eigenvalue weighted by molar-refractivity contribution is -0.0130. The molecule has 2 aliphatic heterocycles. The maximum Gasteiger partial charge on any atom is 0.413 e. The molecular formula is C11H15Cl2N3O2. The number of carbonyl (C=O) groups is 1. The first kappa shape index (κ1) is 15.0. The lowest BCUT2D eigenvalue weighted by Crippen LogP contribution is -2.47. The minimum atomic E-state index is -0.475. The Hall–Kier alpha value is -1.04. The van der Waals surface area contributed by atoms with Gasteiger partial charge < -0.3 is 10.1 Å². The average molecular weight is 292 g/mol. The lowest BCUT2D eigenvalue weighted by atomic mass is 9.84. The molecule has 0 aliphatic carbocycles. The minimum absolute atomic E-state index is 0. The Morgan fingerprint density at radius 3 is 2.72 bits per heavy atom. The van der Waals surface area contributed by atoms with E-state index in [2.05, 4.69) is 15.6 Å². The van der Waals surface area contributed by atoms with E-state index >= 15 is 0 Å². The molecule has 1 spiro atoms. The molecule has 5 nitrogen and oxygen atoms in total. The van der Waals surface area contributed by atoms with Crippen molar-refractivity contribution in [2.45, 2.75) is 18.4 Å². The molecule has 0 radical (unpaired) electrons. The van der Waals surface area contributed by atoms with Crippen molar-refractivity contribution in [2.75, 3.05) is 18.4 Å². The summed E-state index contributed by atoms with van der Waals surface area (Å²) in [6.45, 7) is 1.73. The molecule has 3 rings (SSSR count). The summed E-state index contributed by atoms with van der Waals surface area (Å²) in [5.74, 6) is 0.639. The molecule has 1 aromatic rings. The fraction of sp³-hybridized carbons (Fsp3) is 0.455. The van der Waals surface area contributed by atoms with Crippen molar-refractivity contribution in [1.82, 2.24) is 10.3 Å². The molecule has 0 aromatic carbocycles. The van der Waals surface area contributed by atoms with Crippen molar-refractivity contribution in [1.29, 1.82) is 0 Å². The van der Waals surface area contributed by atoms with Gasteiger partial charge >= 0.3 is 6.09 Å². The van der Waals surface area contributed by atoms with Gasteiger partial charge in [-0.3, -0.25) is 5.32 Å². The van der Waals surface area contributed by atoms with Gasteiger partial charge in [0.05, 0.1) is 0 Å². The number of anilines is 1. The fourth-order valence-electron chi connectivity index (χ4n) is 2.43. The van der Waals surface area contributed by atoms with Crippen LogP contribution in [0.5, 0.6) is 0 Å². The Kier molecular flexibility index (Phi) is 4.78. The molecule has 1 aromatic heterocycles. The maximum atomic E-state index is 11.5. The highest BCUT2D eigenvalue weighted by Crippen LogP contribution is 2.40. The van der Waals surface area contributed by atoms with Crippen LogP contribution in [0.3, 0.4) is 0 Å². The summed E-state index contributed by atoms with van der Waals surface area (Å²) in [6, 6.07) is 3.86. The summed E-state index contributed by atoms with van der Waals surface area (Å²) in [4.78, 5) is 15.7. The Labute approximate surface area is 118 Å². The van der Waals surface area contributed by atoms with E-state index in [0.29, 0.717) is 5.82 Å². The van der Waals surface area contributed by atoms with Crippen LogP contribution in [0.2, 0.25) is 0 Å². The second-order valence-corrected chi connectivity index (χ2v) is 4.16. The van der Waals surface area contributed by atoms with Gasteiger partial charge in [-0.15, -0.1) is 24.8 Å². The Bertz CT molecular complexity index is 436. The largest absolute Gasteiger partial charge is 0.438 e. The van der Waals surface area contributed by atoms with E-state index in [-0.39, 0.29) is 24.8 Å². The Morgan fingerprint density at radius 1 is 1.28 bits per heavy atom. The molecule has 3 heterocycles. The highest BCUT2D eigenvalue weighted by molar-refractivity contribution is 5.87. The third-order valence-electron chi connectivity index (χ3n) is 3.22. The zero-order valence-corrected chi connectivity index (χ0v) is 11.3. The topological polar surface area (TPSA) is 63.2 Å². The van der Waals surface area contributed by atoms with Gasteiger partial charge in [0, 0.05) is 24.6 Å². The number of hydrogen-bond acceptors (Lipinski definition) is 4. The number of ether oxygens (including phenoxy) is 1. The number of nitrogens with one attached hydrogen (secondary N) is 2. The van der Waals surface area contributed by atoms with E-state index in [1.807, 2.05) is 12.1 Å². The summed E-state index contributed by atoms with van der Waals surface area (Å²) < 4.78 is 5.51. The van der Waals surface area contributed by atoms with Gasteiger partial charge in [-0.2, -0.15) is 0 Å². The first-order chi connectivity index (χ1) is 7.80. The van der Waals surface area contributed by atoms with Crippen LogP contribution in [0.25, 0.3) is 0 Å². The van der Waals surface area contributed by atoms with Gasteiger partial charge in [-0.1, -0.05) is 0 Å². The maximum absolute atomic E-state index is 11.5. The smallest absolute Gasteiger partial charge is 0.413 e. The lowest BCUT2D eigenvalue weighted by Gasteiger charge is -2.40. The van der Waals surface area contributed by atoms with E-state index in [4.69, 9.17) is 4.74 Å². The van der Waals surface area contributed by atoms with Gasteiger partial charge in [-0.05, 0) is 25.2 Å². The molecule has 0 saturated carbocycles. The number of amides is 1. The SMILES string of the molecule is Cl.Cl.O=C1Nc2ncccc2C2(CCNCC2)O1. The minimum Gasteiger partial charge on any atom is -0.438 e. The summed E-state index contributed by atoms with van der Waals surface area (Å²) >= 11 is 0. The molecule has 1 saturated heterocycles. The number of rotatable bonds is 0. The fourth-order valence-corrected chi connectivity index (χ4v) is 2.43. The molecule has 1 amide bonds. The van der Waals surface area contributed by atoms with Gasteiger partial charge in [0.25, 0.3) is 0 Å². The summed E-state index contributed by atoms with van der Waals surface area (Å²) in [6.07, 6.45) is 2.89. The number of carbonyl (C=O) groups excluding carboxylic acids is 1. The molecule has 0 unspecified atom stereocenters. The quantitative estimate of drug-likeness (QED) is 0.768. The van der Waals surface area contributed by atoms with Crippen molar-refractivity contribution < 1.29 is 9.53 Å². The van der Waals surface area contributed by atoms with Crippen LogP contribution in [-0.2, 0) is 10.3 Å². The standard InChI is InChI=1S/C11H13N3O2.2ClH/c15-10-14-9-8(2-1-5-13-9)11(16-10)3-6-12-7-4-11;;/h1-2,5,12H,3-4,6-7H2,(H,13,14,15);2*1H. The highest BCUT2D eigenvalue weighted by atomic mass is 35.5. The molecule has 2 aliphatic rings. The predicted octanol–water partition coefficient (Wildman–Crippen LogP) is 2.07. The number of nitrogens with zero attached hydrogens (tertiary/aromatic N) is 1. The molecule has 100 valence electrons.